The Balaban J connectivity index is 1.51. The molecule has 0 fully saturated rings. The van der Waals surface area contributed by atoms with Crippen molar-refractivity contribution in [1.82, 2.24) is 15.7 Å². The molecular formula is C32H39N3O7. The van der Waals surface area contributed by atoms with Crippen LogP contribution in [0.3, 0.4) is 0 Å². The summed E-state index contributed by atoms with van der Waals surface area (Å²) in [6, 6.07) is 19.0. The number of carbonyl (C=O) groups excluding carboxylic acids is 4. The highest BCUT2D eigenvalue weighted by Gasteiger charge is 2.30. The molecule has 0 bridgehead atoms. The molecule has 42 heavy (non-hydrogen) atoms. The second-order valence-electron chi connectivity index (χ2n) is 9.90. The topological polar surface area (TPSA) is 138 Å². The number of hydrogen-bond acceptors (Lipinski definition) is 7. The normalized spacial score (nSPS) is 12.2. The van der Waals surface area contributed by atoms with Gasteiger partial charge in [0.2, 0.25) is 12.3 Å². The Morgan fingerprint density at radius 2 is 1.71 bits per heavy atom. The van der Waals surface area contributed by atoms with Gasteiger partial charge in [0.25, 0.3) is 5.91 Å². The summed E-state index contributed by atoms with van der Waals surface area (Å²) >= 11 is 0. The van der Waals surface area contributed by atoms with Crippen molar-refractivity contribution in [2.45, 2.75) is 58.4 Å². The fourth-order valence-corrected chi connectivity index (χ4v) is 4.65. The molecule has 2 unspecified atom stereocenters. The summed E-state index contributed by atoms with van der Waals surface area (Å²) in [7, 11) is 0. The van der Waals surface area contributed by atoms with Gasteiger partial charge in [-0.3, -0.25) is 19.6 Å². The second-order valence-corrected chi connectivity index (χ2v) is 9.90. The van der Waals surface area contributed by atoms with Gasteiger partial charge in [0, 0.05) is 12.0 Å². The Morgan fingerprint density at radius 1 is 0.976 bits per heavy atom. The van der Waals surface area contributed by atoms with Crippen LogP contribution in [0, 0.1) is 5.92 Å². The molecule has 0 spiro atoms. The van der Waals surface area contributed by atoms with Gasteiger partial charge < -0.3 is 19.8 Å². The van der Waals surface area contributed by atoms with Crippen LogP contribution in [-0.2, 0) is 20.7 Å². The van der Waals surface area contributed by atoms with Crippen molar-refractivity contribution in [2.75, 3.05) is 13.3 Å². The first-order chi connectivity index (χ1) is 20.4. The zero-order valence-corrected chi connectivity index (χ0v) is 24.1. The summed E-state index contributed by atoms with van der Waals surface area (Å²) < 4.78 is 11.1. The van der Waals surface area contributed by atoms with Crippen molar-refractivity contribution >= 4 is 24.2 Å². The van der Waals surface area contributed by atoms with Gasteiger partial charge in [-0.05, 0) is 42.7 Å². The molecule has 0 radical (unpaired) electrons. The van der Waals surface area contributed by atoms with E-state index in [0.29, 0.717) is 47.6 Å². The van der Waals surface area contributed by atoms with Gasteiger partial charge in [-0.25, -0.2) is 9.86 Å². The number of unbranched alkanes of at least 4 members (excludes halogenated alkanes) is 2. The van der Waals surface area contributed by atoms with Gasteiger partial charge in [0.15, 0.2) is 5.76 Å². The Hall–Kier alpha value is -4.44. The highest BCUT2D eigenvalue weighted by molar-refractivity contribution is 5.92. The minimum atomic E-state index is -0.662. The lowest BCUT2D eigenvalue weighted by atomic mass is 9.90. The molecule has 2 atom stereocenters. The molecule has 1 aromatic heterocycles. The molecule has 10 heteroatoms. The Bertz CT molecular complexity index is 1290. The largest absolute Gasteiger partial charge is 0.462 e. The number of hydrogen-bond donors (Lipinski definition) is 3. The molecule has 3 N–H and O–H groups in total. The number of rotatable bonds is 17. The van der Waals surface area contributed by atoms with Crippen LogP contribution in [0.2, 0.25) is 0 Å². The van der Waals surface area contributed by atoms with Crippen LogP contribution in [0.1, 0.15) is 72.4 Å². The first-order valence-electron chi connectivity index (χ1n) is 14.3. The third-order valence-corrected chi connectivity index (χ3v) is 7.00. The second kappa shape index (κ2) is 16.7. The number of nitrogens with zero attached hydrogens (tertiary/aromatic N) is 1. The van der Waals surface area contributed by atoms with Crippen molar-refractivity contribution in [3.63, 3.8) is 0 Å². The molecular weight excluding hydrogens is 538 g/mol. The lowest BCUT2D eigenvalue weighted by molar-refractivity contribution is -0.168. The maximum absolute atomic E-state index is 12.9. The molecule has 3 amide bonds. The van der Waals surface area contributed by atoms with Crippen molar-refractivity contribution in [3.05, 3.63) is 83.6 Å². The van der Waals surface area contributed by atoms with E-state index in [2.05, 4.69) is 10.6 Å². The van der Waals surface area contributed by atoms with Crippen molar-refractivity contribution in [2.24, 2.45) is 5.92 Å². The summed E-state index contributed by atoms with van der Waals surface area (Å²) in [5.41, 5.74) is 2.17. The third kappa shape index (κ3) is 9.31. The molecule has 2 aromatic carbocycles. The number of nitrogens with one attached hydrogen (secondary N) is 2. The minimum Gasteiger partial charge on any atom is -0.462 e. The average molecular weight is 578 g/mol. The van der Waals surface area contributed by atoms with Crippen molar-refractivity contribution in [1.29, 1.82) is 0 Å². The summed E-state index contributed by atoms with van der Waals surface area (Å²) in [5.74, 6) is -1.43. The smallest absolute Gasteiger partial charge is 0.338 e. The number of ether oxygens (including phenoxy) is 1. The van der Waals surface area contributed by atoms with Gasteiger partial charge in [-0.15, -0.1) is 0 Å². The predicted octanol–water partition coefficient (Wildman–Crippen LogP) is 4.97. The Labute approximate surface area is 246 Å². The molecule has 0 aliphatic heterocycles. The summed E-state index contributed by atoms with van der Waals surface area (Å²) in [4.78, 5) is 49.0. The molecule has 3 rings (SSSR count). The van der Waals surface area contributed by atoms with Crippen LogP contribution in [0.25, 0.3) is 11.3 Å². The first-order valence-corrected chi connectivity index (χ1v) is 14.3. The van der Waals surface area contributed by atoms with Gasteiger partial charge in [-0.2, -0.15) is 0 Å². The summed E-state index contributed by atoms with van der Waals surface area (Å²) in [6.45, 7) is 3.97. The molecule has 0 aliphatic rings. The number of furan rings is 1. The van der Waals surface area contributed by atoms with E-state index in [1.54, 1.807) is 37.3 Å². The number of benzene rings is 2. The number of esters is 1. The number of carbonyl (C=O) groups is 4. The maximum Gasteiger partial charge on any atom is 0.338 e. The summed E-state index contributed by atoms with van der Waals surface area (Å²) in [5, 5.41) is 15.8. The van der Waals surface area contributed by atoms with Gasteiger partial charge >= 0.3 is 5.97 Å². The molecule has 224 valence electrons. The molecule has 1 heterocycles. The Kier molecular flexibility index (Phi) is 12.8. The zero-order chi connectivity index (χ0) is 30.3. The minimum absolute atomic E-state index is 0.0528. The van der Waals surface area contributed by atoms with E-state index in [9.17, 15) is 24.4 Å². The van der Waals surface area contributed by atoms with E-state index in [-0.39, 0.29) is 24.9 Å². The summed E-state index contributed by atoms with van der Waals surface area (Å²) in [6.07, 6.45) is 4.50. The molecule has 0 saturated heterocycles. The van der Waals surface area contributed by atoms with Crippen LogP contribution in [0.5, 0.6) is 0 Å². The average Bonchev–Trinajstić information content (AvgIpc) is 3.51. The van der Waals surface area contributed by atoms with Crippen LogP contribution in [-0.4, -0.2) is 53.8 Å². The zero-order valence-electron chi connectivity index (χ0n) is 24.1. The van der Waals surface area contributed by atoms with Crippen LogP contribution >= 0.6 is 0 Å². The first kappa shape index (κ1) is 32.1. The van der Waals surface area contributed by atoms with E-state index in [4.69, 9.17) is 9.15 Å². The molecule has 0 aliphatic carbocycles. The molecule has 10 nitrogen and oxygen atoms in total. The monoisotopic (exact) mass is 577 g/mol. The fraction of sp³-hybridized carbons (Fsp3) is 0.375. The standard InChI is InChI=1S/C32H39N3O7/c1-3-5-7-12-26(27(4-2)35(40)22-36)30(37)33-21-34-31(38)29-18-17-28(42-29)24-13-15-25(16-14-24)32(39)41-20-19-23-10-8-6-9-11-23/h6,8-11,13-18,22,26-27,40H,3-5,7,12,19-21H2,1-2H3,(H,33,37)(H,34,38). The van der Waals surface area contributed by atoms with Gasteiger partial charge in [-0.1, -0.05) is 75.6 Å². The van der Waals surface area contributed by atoms with Crippen LogP contribution in [0.15, 0.2) is 71.1 Å². The number of hydroxylamine groups is 2. The van der Waals surface area contributed by atoms with E-state index in [1.807, 2.05) is 37.3 Å². The maximum atomic E-state index is 12.9. The van der Waals surface area contributed by atoms with Crippen molar-refractivity contribution < 1.29 is 33.5 Å². The van der Waals surface area contributed by atoms with E-state index < -0.39 is 23.8 Å². The van der Waals surface area contributed by atoms with Crippen molar-refractivity contribution in [3.8, 4) is 11.3 Å². The SMILES string of the molecule is CCCCCC(C(=O)NCNC(=O)c1ccc(-c2ccc(C(=O)OCCc3ccccc3)cc2)o1)C(CC)N(O)C=O. The van der Waals surface area contributed by atoms with Gasteiger partial charge in [0.1, 0.15) is 5.76 Å². The highest BCUT2D eigenvalue weighted by Crippen LogP contribution is 2.23. The molecule has 0 saturated carbocycles. The van der Waals surface area contributed by atoms with Gasteiger partial charge in [0.05, 0.1) is 30.8 Å². The lowest BCUT2D eigenvalue weighted by Gasteiger charge is -2.29. The third-order valence-electron chi connectivity index (χ3n) is 7.00. The lowest BCUT2D eigenvalue weighted by Crippen LogP contribution is -2.47. The highest BCUT2D eigenvalue weighted by atomic mass is 16.5. The van der Waals surface area contributed by atoms with Crippen LogP contribution < -0.4 is 10.6 Å². The Morgan fingerprint density at radius 3 is 2.38 bits per heavy atom. The van der Waals surface area contributed by atoms with Crippen LogP contribution in [0.4, 0.5) is 0 Å². The quantitative estimate of drug-likeness (QED) is 0.0514. The molecule has 3 aromatic rings. The number of amides is 3. The van der Waals surface area contributed by atoms with E-state index in [1.165, 1.54) is 6.07 Å². The fourth-order valence-electron chi connectivity index (χ4n) is 4.65. The van der Waals surface area contributed by atoms with E-state index in [0.717, 1.165) is 24.8 Å². The van der Waals surface area contributed by atoms with E-state index >= 15 is 0 Å². The predicted molar refractivity (Wildman–Crippen MR) is 156 cm³/mol.